The predicted octanol–water partition coefficient (Wildman–Crippen LogP) is 1.65. The van der Waals surface area contributed by atoms with Crippen molar-refractivity contribution in [2.45, 2.75) is 29.5 Å². The summed E-state index contributed by atoms with van der Waals surface area (Å²) in [6.07, 6.45) is 0.965. The van der Waals surface area contributed by atoms with E-state index < -0.39 is 39.3 Å². The number of piperidine rings is 1. The zero-order chi connectivity index (χ0) is 22.2. The molecule has 1 aromatic carbocycles. The smallest absolute Gasteiger partial charge is 0.318 e. The molecule has 0 bridgehead atoms. The van der Waals surface area contributed by atoms with Crippen molar-refractivity contribution in [3.63, 3.8) is 0 Å². The van der Waals surface area contributed by atoms with Crippen LogP contribution in [0.5, 0.6) is 0 Å². The quantitative estimate of drug-likeness (QED) is 0.656. The lowest BCUT2D eigenvalue weighted by Gasteiger charge is -2.31. The van der Waals surface area contributed by atoms with E-state index in [9.17, 15) is 22.8 Å². The number of urea groups is 1. The Morgan fingerprint density at radius 1 is 1.19 bits per heavy atom. The normalized spacial score (nSPS) is 24.8. The number of nitrogens with zero attached hydrogens (tertiary/aromatic N) is 2. The van der Waals surface area contributed by atoms with Crippen LogP contribution in [-0.2, 0) is 25.2 Å². The highest BCUT2D eigenvalue weighted by molar-refractivity contribution is 7.91. The first-order valence-electron chi connectivity index (χ1n) is 9.80. The van der Waals surface area contributed by atoms with Gasteiger partial charge in [-0.15, -0.1) is 11.3 Å². The molecule has 4 rings (SSSR count). The number of sulfonamides is 1. The molecule has 2 aliphatic heterocycles. The highest BCUT2D eigenvalue weighted by atomic mass is 32.2. The van der Waals surface area contributed by atoms with Gasteiger partial charge in [0.15, 0.2) is 0 Å². The van der Waals surface area contributed by atoms with Gasteiger partial charge in [0.25, 0.3) is 15.9 Å². The predicted molar refractivity (Wildman–Crippen MR) is 113 cm³/mol. The van der Waals surface area contributed by atoms with Crippen LogP contribution in [0.3, 0.4) is 0 Å². The van der Waals surface area contributed by atoms with Gasteiger partial charge in [-0.3, -0.25) is 15.0 Å². The molecule has 2 N–H and O–H groups in total. The van der Waals surface area contributed by atoms with Crippen molar-refractivity contribution in [2.24, 2.45) is 5.92 Å². The molecule has 2 aromatic rings. The van der Waals surface area contributed by atoms with Crippen LogP contribution in [0.2, 0.25) is 0 Å². The molecule has 9 nitrogen and oxygen atoms in total. The fourth-order valence-corrected chi connectivity index (χ4v) is 6.49. The lowest BCUT2D eigenvalue weighted by atomic mass is 9.92. The molecule has 2 fully saturated rings. The van der Waals surface area contributed by atoms with E-state index in [-0.39, 0.29) is 10.8 Å². The first kappa shape index (κ1) is 21.5. The largest absolute Gasteiger partial charge is 0.344 e. The van der Waals surface area contributed by atoms with E-state index in [0.717, 1.165) is 11.3 Å². The second-order valence-corrected chi connectivity index (χ2v) is 10.8. The van der Waals surface area contributed by atoms with Gasteiger partial charge < -0.3 is 5.32 Å². The number of hydrogen-bond donors (Lipinski definition) is 2. The van der Waals surface area contributed by atoms with Crippen molar-refractivity contribution >= 4 is 39.2 Å². The molecule has 11 heteroatoms. The molecule has 164 valence electrons. The summed E-state index contributed by atoms with van der Waals surface area (Å²) in [7, 11) is -3.68. The number of benzene rings is 1. The summed E-state index contributed by atoms with van der Waals surface area (Å²) in [5, 5.41) is 4.99. The van der Waals surface area contributed by atoms with Gasteiger partial charge in [0, 0.05) is 13.1 Å². The minimum Gasteiger partial charge on any atom is -0.318 e. The molecule has 2 saturated heterocycles. The summed E-state index contributed by atoms with van der Waals surface area (Å²) in [5.74, 6) is -1.84. The highest BCUT2D eigenvalue weighted by Crippen LogP contribution is 2.29. The summed E-state index contributed by atoms with van der Waals surface area (Å²) in [6, 6.07) is 11.2. The van der Waals surface area contributed by atoms with E-state index in [2.05, 4.69) is 10.7 Å². The van der Waals surface area contributed by atoms with E-state index in [1.807, 2.05) is 0 Å². The molecule has 0 spiro atoms. The molecule has 0 radical (unpaired) electrons. The zero-order valence-electron chi connectivity index (χ0n) is 16.8. The fraction of sp³-hybridized carbons (Fsp3) is 0.350. The lowest BCUT2D eigenvalue weighted by molar-refractivity contribution is -0.141. The monoisotopic (exact) mass is 462 g/mol. The molecular weight excluding hydrogens is 440 g/mol. The second-order valence-electron chi connectivity index (χ2n) is 7.67. The number of imide groups is 1. The molecule has 31 heavy (non-hydrogen) atoms. The van der Waals surface area contributed by atoms with Crippen LogP contribution in [0.15, 0.2) is 52.1 Å². The number of nitrogens with one attached hydrogen (secondary N) is 2. The third-order valence-corrected chi connectivity index (χ3v) is 8.85. The highest BCUT2D eigenvalue weighted by Gasteiger charge is 2.50. The average molecular weight is 463 g/mol. The van der Waals surface area contributed by atoms with Crippen LogP contribution in [0, 0.1) is 5.92 Å². The Labute approximate surface area is 184 Å². The van der Waals surface area contributed by atoms with E-state index in [4.69, 9.17) is 0 Å². The third-order valence-electron chi connectivity index (χ3n) is 5.61. The van der Waals surface area contributed by atoms with Gasteiger partial charge >= 0.3 is 6.03 Å². The maximum Gasteiger partial charge on any atom is 0.344 e. The summed E-state index contributed by atoms with van der Waals surface area (Å²) in [5.41, 5.74) is 1.69. The standard InChI is InChI=1S/C20H22N4O5S2/c1-20(15-8-3-2-4-9-15)18(26)24(19(27)21-20)22-17(25)14-7-5-11-23(13-14)31(28,29)16-10-6-12-30-16/h2-4,6,8-10,12,14H,5,7,11,13H2,1H3,(H,21,27)(H,22,25). The van der Waals surface area contributed by atoms with Crippen molar-refractivity contribution in [3.05, 3.63) is 53.4 Å². The minimum atomic E-state index is -3.68. The Morgan fingerprint density at radius 2 is 1.94 bits per heavy atom. The number of rotatable bonds is 5. The van der Waals surface area contributed by atoms with Gasteiger partial charge in [0.1, 0.15) is 9.75 Å². The van der Waals surface area contributed by atoms with Gasteiger partial charge in [-0.2, -0.15) is 9.31 Å². The third kappa shape index (κ3) is 3.84. The molecule has 0 aliphatic carbocycles. The van der Waals surface area contributed by atoms with Gasteiger partial charge in [-0.05, 0) is 36.8 Å². The van der Waals surface area contributed by atoms with Crippen molar-refractivity contribution < 1.29 is 22.8 Å². The van der Waals surface area contributed by atoms with Crippen LogP contribution in [0.25, 0.3) is 0 Å². The SMILES string of the molecule is CC1(c2ccccc2)NC(=O)N(NC(=O)C2CCCN(S(=O)(=O)c3cccs3)C2)C1=O. The maximum atomic E-state index is 13.0. The Hall–Kier alpha value is -2.76. The van der Waals surface area contributed by atoms with Crippen molar-refractivity contribution in [1.29, 1.82) is 0 Å². The Balaban J connectivity index is 1.47. The second kappa shape index (κ2) is 8.06. The Morgan fingerprint density at radius 3 is 2.61 bits per heavy atom. The van der Waals surface area contributed by atoms with Crippen molar-refractivity contribution in [2.75, 3.05) is 13.1 Å². The number of carbonyl (C=O) groups excluding carboxylic acids is 3. The number of carbonyl (C=O) groups is 3. The zero-order valence-corrected chi connectivity index (χ0v) is 18.4. The lowest BCUT2D eigenvalue weighted by Crippen LogP contribution is -2.52. The minimum absolute atomic E-state index is 0.00826. The number of amides is 4. The molecule has 2 aliphatic rings. The fourth-order valence-electron chi connectivity index (χ4n) is 3.82. The molecular formula is C20H22N4O5S2. The van der Waals surface area contributed by atoms with E-state index in [1.54, 1.807) is 48.7 Å². The number of thiophene rings is 1. The summed E-state index contributed by atoms with van der Waals surface area (Å²) >= 11 is 1.12. The number of hydrogen-bond acceptors (Lipinski definition) is 6. The number of hydrazine groups is 1. The summed E-state index contributed by atoms with van der Waals surface area (Å²) in [6.45, 7) is 1.88. The molecule has 2 atom stereocenters. The first-order valence-corrected chi connectivity index (χ1v) is 12.1. The molecule has 3 heterocycles. The van der Waals surface area contributed by atoms with Crippen molar-refractivity contribution in [3.8, 4) is 0 Å². The van der Waals surface area contributed by atoms with Gasteiger partial charge in [-0.25, -0.2) is 13.2 Å². The summed E-state index contributed by atoms with van der Waals surface area (Å²) in [4.78, 5) is 38.3. The Kier molecular flexibility index (Phi) is 5.58. The topological polar surface area (TPSA) is 116 Å². The van der Waals surface area contributed by atoms with Gasteiger partial charge in [0.2, 0.25) is 5.91 Å². The maximum absolute atomic E-state index is 13.0. The average Bonchev–Trinajstić information content (AvgIpc) is 3.39. The first-order chi connectivity index (χ1) is 14.7. The van der Waals surface area contributed by atoms with Crippen LogP contribution >= 0.6 is 11.3 Å². The van der Waals surface area contributed by atoms with Crippen LogP contribution in [0.4, 0.5) is 4.79 Å². The van der Waals surface area contributed by atoms with Crippen molar-refractivity contribution in [1.82, 2.24) is 20.1 Å². The van der Waals surface area contributed by atoms with Crippen LogP contribution < -0.4 is 10.7 Å². The molecule has 2 unspecified atom stereocenters. The van der Waals surface area contributed by atoms with Gasteiger partial charge in [-0.1, -0.05) is 36.4 Å². The van der Waals surface area contributed by atoms with Gasteiger partial charge in [0.05, 0.1) is 5.92 Å². The molecule has 1 aromatic heterocycles. The van der Waals surface area contributed by atoms with Crippen LogP contribution in [0.1, 0.15) is 25.3 Å². The van der Waals surface area contributed by atoms with Crippen LogP contribution in [-0.4, -0.2) is 48.7 Å². The molecule has 0 saturated carbocycles. The van der Waals surface area contributed by atoms with E-state index in [1.165, 1.54) is 10.4 Å². The Bertz CT molecular complexity index is 1100. The molecule has 4 amide bonds. The van der Waals surface area contributed by atoms with E-state index >= 15 is 0 Å². The van der Waals surface area contributed by atoms with E-state index in [0.29, 0.717) is 30.0 Å². The summed E-state index contributed by atoms with van der Waals surface area (Å²) < 4.78 is 27.1.